The van der Waals surface area contributed by atoms with Gasteiger partial charge < -0.3 is 10.6 Å². The minimum Gasteiger partial charge on any atom is -0.369 e. The topological polar surface area (TPSA) is 70.1 Å². The van der Waals surface area contributed by atoms with Crippen molar-refractivity contribution in [2.45, 2.75) is 31.6 Å². The van der Waals surface area contributed by atoms with Gasteiger partial charge in [0.2, 0.25) is 5.91 Å². The second-order valence-corrected chi connectivity index (χ2v) is 5.41. The van der Waals surface area contributed by atoms with E-state index in [1.165, 1.54) is 5.56 Å². The molecular formula is C16H21N3O. The van der Waals surface area contributed by atoms with Gasteiger partial charge in [0.1, 0.15) is 0 Å². The van der Waals surface area contributed by atoms with Crippen LogP contribution < -0.4 is 5.73 Å². The van der Waals surface area contributed by atoms with Crippen LogP contribution in [0.15, 0.2) is 24.3 Å². The second kappa shape index (κ2) is 7.06. The Hall–Kier alpha value is -1.86. The third kappa shape index (κ3) is 4.07. The third-order valence-electron chi connectivity index (χ3n) is 3.93. The Bertz CT molecular complexity index is 499. The standard InChI is InChI=1S/C16H21N3O/c17-7-2-8-19-9-5-14(6-10-19)15-4-1-3-13(11-15)12-16(18)20/h1,3-4,11,14H,2,5-6,8-10,12H2,(H2,18,20). The molecule has 0 unspecified atom stereocenters. The number of piperidine rings is 1. The maximum Gasteiger partial charge on any atom is 0.221 e. The summed E-state index contributed by atoms with van der Waals surface area (Å²) in [7, 11) is 0. The van der Waals surface area contributed by atoms with Crippen LogP contribution in [-0.2, 0) is 11.2 Å². The van der Waals surface area contributed by atoms with E-state index in [9.17, 15) is 4.79 Å². The minimum atomic E-state index is -0.284. The van der Waals surface area contributed by atoms with Crippen molar-refractivity contribution >= 4 is 5.91 Å². The first-order valence-corrected chi connectivity index (χ1v) is 7.15. The van der Waals surface area contributed by atoms with Crippen molar-refractivity contribution in [2.75, 3.05) is 19.6 Å². The molecule has 0 spiro atoms. The number of nitriles is 1. The number of amides is 1. The molecule has 2 N–H and O–H groups in total. The van der Waals surface area contributed by atoms with Crippen LogP contribution in [0.3, 0.4) is 0 Å². The first-order chi connectivity index (χ1) is 9.69. The van der Waals surface area contributed by atoms with E-state index in [0.717, 1.165) is 38.0 Å². The number of carbonyl (C=O) groups excluding carboxylic acids is 1. The van der Waals surface area contributed by atoms with Crippen LogP contribution >= 0.6 is 0 Å². The normalized spacial score (nSPS) is 16.8. The SMILES string of the molecule is N#CCCN1CCC(c2cccc(CC(N)=O)c2)CC1. The van der Waals surface area contributed by atoms with Gasteiger partial charge in [0, 0.05) is 13.0 Å². The summed E-state index contributed by atoms with van der Waals surface area (Å²) in [6, 6.07) is 10.4. The predicted octanol–water partition coefficient (Wildman–Crippen LogP) is 1.81. The Morgan fingerprint density at radius 3 is 2.80 bits per heavy atom. The van der Waals surface area contributed by atoms with Crippen LogP contribution in [0.1, 0.15) is 36.3 Å². The zero-order valence-corrected chi connectivity index (χ0v) is 11.7. The van der Waals surface area contributed by atoms with Gasteiger partial charge in [-0.15, -0.1) is 0 Å². The van der Waals surface area contributed by atoms with Crippen LogP contribution in [0, 0.1) is 11.3 Å². The number of hydrogen-bond donors (Lipinski definition) is 1. The molecule has 1 aromatic rings. The minimum absolute atomic E-state index is 0.284. The molecule has 0 atom stereocenters. The first-order valence-electron chi connectivity index (χ1n) is 7.15. The molecule has 20 heavy (non-hydrogen) atoms. The third-order valence-corrected chi connectivity index (χ3v) is 3.93. The zero-order valence-electron chi connectivity index (χ0n) is 11.7. The monoisotopic (exact) mass is 271 g/mol. The molecule has 4 heteroatoms. The van der Waals surface area contributed by atoms with Crippen LogP contribution in [0.25, 0.3) is 0 Å². The van der Waals surface area contributed by atoms with Gasteiger partial charge in [-0.3, -0.25) is 4.79 Å². The molecule has 1 heterocycles. The lowest BCUT2D eigenvalue weighted by Crippen LogP contribution is -2.33. The summed E-state index contributed by atoms with van der Waals surface area (Å²) >= 11 is 0. The fourth-order valence-electron chi connectivity index (χ4n) is 2.86. The van der Waals surface area contributed by atoms with Crippen molar-refractivity contribution in [1.82, 2.24) is 4.90 Å². The summed E-state index contributed by atoms with van der Waals surface area (Å²) < 4.78 is 0. The number of nitrogens with two attached hydrogens (primary N) is 1. The second-order valence-electron chi connectivity index (χ2n) is 5.41. The molecule has 0 aliphatic carbocycles. The molecule has 1 saturated heterocycles. The molecule has 1 aliphatic rings. The molecule has 1 aromatic carbocycles. The van der Waals surface area contributed by atoms with Gasteiger partial charge in [0.05, 0.1) is 12.5 Å². The number of benzene rings is 1. The number of hydrogen-bond acceptors (Lipinski definition) is 3. The highest BCUT2D eigenvalue weighted by molar-refractivity contribution is 5.76. The van der Waals surface area contributed by atoms with Crippen molar-refractivity contribution in [2.24, 2.45) is 5.73 Å². The average molecular weight is 271 g/mol. The van der Waals surface area contributed by atoms with E-state index >= 15 is 0 Å². The number of carbonyl (C=O) groups is 1. The van der Waals surface area contributed by atoms with E-state index in [1.54, 1.807) is 0 Å². The highest BCUT2D eigenvalue weighted by atomic mass is 16.1. The van der Waals surface area contributed by atoms with E-state index in [1.807, 2.05) is 12.1 Å². The maximum absolute atomic E-state index is 11.0. The van der Waals surface area contributed by atoms with Crippen molar-refractivity contribution in [3.63, 3.8) is 0 Å². The summed E-state index contributed by atoms with van der Waals surface area (Å²) in [5.74, 6) is 0.273. The van der Waals surface area contributed by atoms with Crippen molar-refractivity contribution < 1.29 is 4.79 Å². The van der Waals surface area contributed by atoms with Crippen molar-refractivity contribution in [3.8, 4) is 6.07 Å². The van der Waals surface area contributed by atoms with Crippen molar-refractivity contribution in [1.29, 1.82) is 5.26 Å². The molecule has 1 fully saturated rings. The van der Waals surface area contributed by atoms with Crippen LogP contribution in [-0.4, -0.2) is 30.4 Å². The van der Waals surface area contributed by atoms with Gasteiger partial charge in [-0.05, 0) is 43.0 Å². The van der Waals surface area contributed by atoms with Crippen LogP contribution in [0.5, 0.6) is 0 Å². The molecule has 4 nitrogen and oxygen atoms in total. The lowest BCUT2D eigenvalue weighted by Gasteiger charge is -2.31. The molecule has 2 rings (SSSR count). The van der Waals surface area contributed by atoms with Gasteiger partial charge in [0.15, 0.2) is 0 Å². The molecule has 0 bridgehead atoms. The summed E-state index contributed by atoms with van der Waals surface area (Å²) in [5, 5.41) is 8.61. The van der Waals surface area contributed by atoms with Gasteiger partial charge in [-0.2, -0.15) is 5.26 Å². The van der Waals surface area contributed by atoms with Gasteiger partial charge in [0.25, 0.3) is 0 Å². The van der Waals surface area contributed by atoms with Crippen molar-refractivity contribution in [3.05, 3.63) is 35.4 Å². The summed E-state index contributed by atoms with van der Waals surface area (Å²) in [4.78, 5) is 13.3. The van der Waals surface area contributed by atoms with Crippen LogP contribution in [0.2, 0.25) is 0 Å². The average Bonchev–Trinajstić information content (AvgIpc) is 2.45. The number of rotatable bonds is 5. The van der Waals surface area contributed by atoms with E-state index in [2.05, 4.69) is 23.1 Å². The van der Waals surface area contributed by atoms with E-state index < -0.39 is 0 Å². The van der Waals surface area contributed by atoms with E-state index in [4.69, 9.17) is 11.0 Å². The Kier molecular flexibility index (Phi) is 5.14. The number of primary amides is 1. The highest BCUT2D eigenvalue weighted by Gasteiger charge is 2.20. The Balaban J connectivity index is 1.93. The van der Waals surface area contributed by atoms with E-state index in [0.29, 0.717) is 18.8 Å². The summed E-state index contributed by atoms with van der Waals surface area (Å²) in [6.45, 7) is 2.98. The van der Waals surface area contributed by atoms with Gasteiger partial charge in [-0.25, -0.2) is 0 Å². The Labute approximate surface area is 120 Å². The highest BCUT2D eigenvalue weighted by Crippen LogP contribution is 2.28. The lowest BCUT2D eigenvalue weighted by atomic mass is 9.88. The molecule has 1 aliphatic heterocycles. The molecule has 1 amide bonds. The number of likely N-dealkylation sites (tertiary alicyclic amines) is 1. The quantitative estimate of drug-likeness (QED) is 0.887. The Morgan fingerprint density at radius 2 is 2.15 bits per heavy atom. The fourth-order valence-corrected chi connectivity index (χ4v) is 2.86. The van der Waals surface area contributed by atoms with Gasteiger partial charge in [-0.1, -0.05) is 24.3 Å². The number of nitrogens with zero attached hydrogens (tertiary/aromatic N) is 2. The first kappa shape index (κ1) is 14.5. The Morgan fingerprint density at radius 1 is 1.40 bits per heavy atom. The molecule has 0 aromatic heterocycles. The van der Waals surface area contributed by atoms with Gasteiger partial charge >= 0.3 is 0 Å². The largest absolute Gasteiger partial charge is 0.369 e. The van der Waals surface area contributed by atoms with Crippen LogP contribution in [0.4, 0.5) is 0 Å². The maximum atomic E-state index is 11.0. The lowest BCUT2D eigenvalue weighted by molar-refractivity contribution is -0.117. The summed E-state index contributed by atoms with van der Waals surface area (Å²) in [5.41, 5.74) is 7.56. The smallest absolute Gasteiger partial charge is 0.221 e. The molecular weight excluding hydrogens is 250 g/mol. The predicted molar refractivity (Wildman–Crippen MR) is 78.0 cm³/mol. The fraction of sp³-hybridized carbons (Fsp3) is 0.500. The molecule has 0 radical (unpaired) electrons. The molecule has 106 valence electrons. The zero-order chi connectivity index (χ0) is 14.4. The molecule has 0 saturated carbocycles. The van der Waals surface area contributed by atoms with E-state index in [-0.39, 0.29) is 5.91 Å². The summed E-state index contributed by atoms with van der Waals surface area (Å²) in [6.07, 6.45) is 3.16.